The highest BCUT2D eigenvalue weighted by atomic mass is 32.2. The zero-order valence-electron chi connectivity index (χ0n) is 11.2. The van der Waals surface area contributed by atoms with Gasteiger partial charge in [0.1, 0.15) is 5.25 Å². The zero-order valence-corrected chi connectivity index (χ0v) is 12.1. The van der Waals surface area contributed by atoms with Crippen LogP contribution in [0.1, 0.15) is 6.42 Å². The molecule has 1 aliphatic heterocycles. The van der Waals surface area contributed by atoms with E-state index in [9.17, 15) is 4.79 Å². The maximum atomic E-state index is 11.6. The number of para-hydroxylation sites is 2. The molecule has 6 heteroatoms. The van der Waals surface area contributed by atoms with Crippen LogP contribution in [0.25, 0.3) is 11.0 Å². The Morgan fingerprint density at radius 2 is 2.35 bits per heavy atom. The van der Waals surface area contributed by atoms with Crippen molar-refractivity contribution in [1.82, 2.24) is 9.55 Å². The number of hydrogen-bond donors (Lipinski definition) is 0. The quantitative estimate of drug-likeness (QED) is 0.790. The molecule has 0 aliphatic carbocycles. The predicted octanol–water partition coefficient (Wildman–Crippen LogP) is 2.09. The Morgan fingerprint density at radius 3 is 3.10 bits per heavy atom. The number of benzene rings is 1. The summed E-state index contributed by atoms with van der Waals surface area (Å²) in [4.78, 5) is 16.2. The van der Waals surface area contributed by atoms with Gasteiger partial charge in [0.2, 0.25) is 0 Å². The van der Waals surface area contributed by atoms with Gasteiger partial charge in [-0.1, -0.05) is 23.9 Å². The number of hydrogen-bond acceptors (Lipinski definition) is 5. The van der Waals surface area contributed by atoms with Gasteiger partial charge in [-0.3, -0.25) is 4.79 Å². The number of aromatic nitrogens is 2. The predicted molar refractivity (Wildman–Crippen MR) is 76.8 cm³/mol. The van der Waals surface area contributed by atoms with Crippen LogP contribution in [0.4, 0.5) is 0 Å². The van der Waals surface area contributed by atoms with Gasteiger partial charge in [0.25, 0.3) is 0 Å². The first-order valence-corrected chi connectivity index (χ1v) is 7.45. The Kier molecular flexibility index (Phi) is 3.93. The summed E-state index contributed by atoms with van der Waals surface area (Å²) in [5.41, 5.74) is 2.01. The maximum Gasteiger partial charge on any atom is 0.319 e. The van der Waals surface area contributed by atoms with E-state index in [1.807, 2.05) is 24.3 Å². The van der Waals surface area contributed by atoms with E-state index in [4.69, 9.17) is 9.47 Å². The third-order valence-corrected chi connectivity index (χ3v) is 4.51. The molecule has 0 bridgehead atoms. The molecule has 0 saturated carbocycles. The molecule has 1 saturated heterocycles. The molecule has 1 aliphatic rings. The van der Waals surface area contributed by atoms with Gasteiger partial charge in [-0.05, 0) is 12.1 Å². The number of thioether (sulfide) groups is 1. The summed E-state index contributed by atoms with van der Waals surface area (Å²) < 4.78 is 12.3. The lowest BCUT2D eigenvalue weighted by atomic mass is 10.3. The number of methoxy groups -OCH3 is 1. The van der Waals surface area contributed by atoms with Crippen LogP contribution in [-0.4, -0.2) is 41.1 Å². The minimum Gasteiger partial charge on any atom is -0.465 e. The summed E-state index contributed by atoms with van der Waals surface area (Å²) in [5, 5.41) is 0.709. The van der Waals surface area contributed by atoms with Gasteiger partial charge in [-0.2, -0.15) is 0 Å². The standard InChI is InChI=1S/C14H16N2O3S/c1-18-9-7-16-11-5-3-2-4-10(11)15-14(16)20-12-6-8-19-13(12)17/h2-5,12H,6-9H2,1H3. The fourth-order valence-corrected chi connectivity index (χ4v) is 3.35. The van der Waals surface area contributed by atoms with E-state index >= 15 is 0 Å². The third kappa shape index (κ3) is 2.53. The smallest absolute Gasteiger partial charge is 0.319 e. The fourth-order valence-electron chi connectivity index (χ4n) is 2.25. The molecule has 5 nitrogen and oxygen atoms in total. The van der Waals surface area contributed by atoms with Gasteiger partial charge >= 0.3 is 5.97 Å². The van der Waals surface area contributed by atoms with Crippen LogP contribution < -0.4 is 0 Å². The first-order valence-electron chi connectivity index (χ1n) is 6.57. The van der Waals surface area contributed by atoms with Gasteiger partial charge in [0.15, 0.2) is 5.16 Å². The van der Waals surface area contributed by atoms with Crippen LogP contribution in [0.5, 0.6) is 0 Å². The number of cyclic esters (lactones) is 1. The van der Waals surface area contributed by atoms with Crippen molar-refractivity contribution in [2.24, 2.45) is 0 Å². The number of carbonyl (C=O) groups is 1. The van der Waals surface area contributed by atoms with Crippen molar-refractivity contribution in [2.75, 3.05) is 20.3 Å². The number of imidazole rings is 1. The fraction of sp³-hybridized carbons (Fsp3) is 0.429. The largest absolute Gasteiger partial charge is 0.465 e. The molecule has 1 unspecified atom stereocenters. The van der Waals surface area contributed by atoms with E-state index in [2.05, 4.69) is 9.55 Å². The summed E-state index contributed by atoms with van der Waals surface area (Å²) in [6, 6.07) is 7.98. The normalized spacial score (nSPS) is 18.6. The van der Waals surface area contributed by atoms with Crippen molar-refractivity contribution in [3.05, 3.63) is 24.3 Å². The van der Waals surface area contributed by atoms with Crippen LogP contribution >= 0.6 is 11.8 Å². The number of fused-ring (bicyclic) bond motifs is 1. The number of carbonyl (C=O) groups excluding carboxylic acids is 1. The molecule has 0 N–H and O–H groups in total. The molecule has 0 radical (unpaired) electrons. The van der Waals surface area contributed by atoms with Crippen LogP contribution in [0, 0.1) is 0 Å². The summed E-state index contributed by atoms with van der Waals surface area (Å²) in [6.07, 6.45) is 0.747. The van der Waals surface area contributed by atoms with Crippen molar-refractivity contribution >= 4 is 28.8 Å². The zero-order chi connectivity index (χ0) is 13.9. The molecule has 2 heterocycles. The van der Waals surface area contributed by atoms with E-state index in [1.54, 1.807) is 7.11 Å². The van der Waals surface area contributed by atoms with E-state index in [-0.39, 0.29) is 11.2 Å². The Bertz CT molecular complexity index is 626. The topological polar surface area (TPSA) is 53.4 Å². The average Bonchev–Trinajstić information content (AvgIpc) is 3.01. The minimum atomic E-state index is -0.145. The second kappa shape index (κ2) is 5.85. The Morgan fingerprint density at radius 1 is 1.50 bits per heavy atom. The molecule has 1 atom stereocenters. The maximum absolute atomic E-state index is 11.6. The minimum absolute atomic E-state index is 0.139. The van der Waals surface area contributed by atoms with Crippen LogP contribution in [0.2, 0.25) is 0 Å². The molecule has 106 valence electrons. The van der Waals surface area contributed by atoms with Gasteiger partial charge in [0, 0.05) is 20.1 Å². The summed E-state index contributed by atoms with van der Waals surface area (Å²) in [7, 11) is 1.68. The molecule has 0 amide bonds. The summed E-state index contributed by atoms with van der Waals surface area (Å²) in [6.45, 7) is 1.85. The third-order valence-electron chi connectivity index (χ3n) is 3.27. The number of ether oxygens (including phenoxy) is 2. The number of esters is 1. The van der Waals surface area contributed by atoms with Crippen LogP contribution in [0.15, 0.2) is 29.4 Å². The highest BCUT2D eigenvalue weighted by Crippen LogP contribution is 2.31. The van der Waals surface area contributed by atoms with Crippen molar-refractivity contribution in [1.29, 1.82) is 0 Å². The number of rotatable bonds is 5. The van der Waals surface area contributed by atoms with Gasteiger partial charge < -0.3 is 14.0 Å². The molecule has 1 fully saturated rings. The molecule has 1 aromatic heterocycles. The van der Waals surface area contributed by atoms with Gasteiger partial charge in [0.05, 0.1) is 24.2 Å². The Hall–Kier alpha value is -1.53. The molecule has 2 aromatic rings. The highest BCUT2D eigenvalue weighted by Gasteiger charge is 2.29. The second-order valence-corrected chi connectivity index (χ2v) is 5.76. The first kappa shape index (κ1) is 13.5. The van der Waals surface area contributed by atoms with E-state index in [1.165, 1.54) is 11.8 Å². The molecular formula is C14H16N2O3S. The Labute approximate surface area is 121 Å². The average molecular weight is 292 g/mol. The molecule has 3 rings (SSSR count). The first-order chi connectivity index (χ1) is 9.79. The molecule has 1 aromatic carbocycles. The lowest BCUT2D eigenvalue weighted by molar-refractivity contribution is -0.137. The van der Waals surface area contributed by atoms with E-state index in [0.717, 1.165) is 29.2 Å². The van der Waals surface area contributed by atoms with Crippen LogP contribution in [0.3, 0.4) is 0 Å². The SMILES string of the molecule is COCCn1c(SC2CCOC2=O)nc2ccccc21. The second-order valence-electron chi connectivity index (χ2n) is 4.59. The van der Waals surface area contributed by atoms with Crippen molar-refractivity contribution < 1.29 is 14.3 Å². The van der Waals surface area contributed by atoms with Gasteiger partial charge in [-0.25, -0.2) is 4.98 Å². The van der Waals surface area contributed by atoms with Gasteiger partial charge in [-0.15, -0.1) is 0 Å². The monoisotopic (exact) mass is 292 g/mol. The molecular weight excluding hydrogens is 276 g/mol. The Balaban J connectivity index is 1.93. The van der Waals surface area contributed by atoms with Crippen molar-refractivity contribution in [2.45, 2.75) is 23.4 Å². The van der Waals surface area contributed by atoms with E-state index in [0.29, 0.717) is 13.2 Å². The lowest BCUT2D eigenvalue weighted by Gasteiger charge is -2.09. The molecule has 0 spiro atoms. The lowest BCUT2D eigenvalue weighted by Crippen LogP contribution is -2.12. The van der Waals surface area contributed by atoms with Crippen molar-refractivity contribution in [3.63, 3.8) is 0 Å². The molecule has 20 heavy (non-hydrogen) atoms. The summed E-state index contributed by atoms with van der Waals surface area (Å²) >= 11 is 1.48. The highest BCUT2D eigenvalue weighted by molar-refractivity contribution is 8.00. The van der Waals surface area contributed by atoms with E-state index < -0.39 is 0 Å². The van der Waals surface area contributed by atoms with Crippen LogP contribution in [-0.2, 0) is 20.8 Å². The van der Waals surface area contributed by atoms with Crippen molar-refractivity contribution in [3.8, 4) is 0 Å². The summed E-state index contributed by atoms with van der Waals surface area (Å²) in [5.74, 6) is -0.139. The number of nitrogens with zero attached hydrogens (tertiary/aromatic N) is 2.